The van der Waals surface area contributed by atoms with Crippen molar-refractivity contribution in [1.82, 2.24) is 20.8 Å². The van der Waals surface area contributed by atoms with Gasteiger partial charge in [-0.05, 0) is 5.92 Å². The number of nitrogens with zero attached hydrogens (tertiary/aromatic N) is 2. The van der Waals surface area contributed by atoms with Crippen LogP contribution in [0.5, 0.6) is 0 Å². The van der Waals surface area contributed by atoms with Crippen LogP contribution in [0.3, 0.4) is 0 Å². The molecule has 6 N–H and O–H groups in total. The lowest BCUT2D eigenvalue weighted by Gasteiger charge is -2.20. The number of aliphatic carboxylic acids is 1. The van der Waals surface area contributed by atoms with E-state index < -0.39 is 24.1 Å². The third-order valence-electron chi connectivity index (χ3n) is 3.18. The monoisotopic (exact) mass is 315 g/mol. The Morgan fingerprint density at radius 1 is 1.45 bits per heavy atom. The number of carboxylic acids is 1. The summed E-state index contributed by atoms with van der Waals surface area (Å²) in [5.74, 6) is -1.08. The van der Waals surface area contributed by atoms with E-state index >= 15 is 0 Å². The van der Waals surface area contributed by atoms with Crippen molar-refractivity contribution in [3.63, 3.8) is 0 Å². The van der Waals surface area contributed by atoms with Crippen molar-refractivity contribution in [3.8, 4) is 0 Å². The molecule has 22 heavy (non-hydrogen) atoms. The molecule has 1 rings (SSSR count). The van der Waals surface area contributed by atoms with E-state index in [0.717, 1.165) is 0 Å². The Hall–Kier alpha value is -2.20. The maximum absolute atomic E-state index is 11.7. The summed E-state index contributed by atoms with van der Waals surface area (Å²) >= 11 is 0. The topological polar surface area (TPSA) is 164 Å². The summed E-state index contributed by atoms with van der Waals surface area (Å²) in [7, 11) is 0. The first-order valence-corrected chi connectivity index (χ1v) is 6.85. The Morgan fingerprint density at radius 2 is 2.14 bits per heavy atom. The van der Waals surface area contributed by atoms with Crippen LogP contribution in [0.2, 0.25) is 0 Å². The van der Waals surface area contributed by atoms with E-state index in [1.54, 1.807) is 6.92 Å². The van der Waals surface area contributed by atoms with E-state index in [2.05, 4.69) is 20.8 Å². The van der Waals surface area contributed by atoms with Crippen LogP contribution in [0.1, 0.15) is 38.0 Å². The molecule has 0 aliphatic rings. The summed E-state index contributed by atoms with van der Waals surface area (Å²) in [6.45, 7) is 3.16. The molecule has 0 saturated carbocycles. The summed E-state index contributed by atoms with van der Waals surface area (Å²) in [6.07, 6.45) is 0.614. The van der Waals surface area contributed by atoms with Crippen LogP contribution < -0.4 is 16.4 Å². The molecule has 2 amide bonds. The first kappa shape index (κ1) is 17.9. The third kappa shape index (κ3) is 4.97. The summed E-state index contributed by atoms with van der Waals surface area (Å²) in [5.41, 5.74) is 5.51. The number of carboxylic acid groups (broad SMARTS) is 1. The molecular weight excluding hydrogens is 294 g/mol. The van der Waals surface area contributed by atoms with Crippen LogP contribution in [0.25, 0.3) is 0 Å². The Bertz CT molecular complexity index is 506. The summed E-state index contributed by atoms with van der Waals surface area (Å²) in [6, 6.07) is -2.39. The summed E-state index contributed by atoms with van der Waals surface area (Å²) < 4.78 is 4.85. The average Bonchev–Trinajstić information content (AvgIpc) is 2.97. The van der Waals surface area contributed by atoms with Gasteiger partial charge in [0.05, 0.1) is 19.2 Å². The van der Waals surface area contributed by atoms with Crippen molar-refractivity contribution in [1.29, 1.82) is 0 Å². The van der Waals surface area contributed by atoms with Gasteiger partial charge in [0.1, 0.15) is 6.04 Å². The number of nitrogens with one attached hydrogen (secondary N) is 2. The predicted molar refractivity (Wildman–Crippen MR) is 74.6 cm³/mol. The maximum atomic E-state index is 11.7. The molecule has 1 aromatic heterocycles. The zero-order valence-electron chi connectivity index (χ0n) is 12.4. The second-order valence-corrected chi connectivity index (χ2v) is 4.86. The number of nitrogens with two attached hydrogens (primary N) is 1. The Kier molecular flexibility index (Phi) is 6.73. The van der Waals surface area contributed by atoms with Gasteiger partial charge in [-0.25, -0.2) is 9.59 Å². The molecular formula is C12H21N5O5. The van der Waals surface area contributed by atoms with Gasteiger partial charge in [-0.3, -0.25) is 0 Å². The Labute approximate surface area is 127 Å². The molecule has 10 heteroatoms. The Morgan fingerprint density at radius 3 is 2.68 bits per heavy atom. The van der Waals surface area contributed by atoms with Gasteiger partial charge in [0.2, 0.25) is 5.89 Å². The zero-order valence-corrected chi connectivity index (χ0v) is 12.4. The normalized spacial score (nSPS) is 14.9. The minimum absolute atomic E-state index is 0.0795. The molecule has 3 atom stereocenters. The fraction of sp³-hybridized carbons (Fsp3) is 0.667. The number of rotatable bonds is 8. The number of aromatic nitrogens is 2. The predicted octanol–water partition coefficient (Wildman–Crippen LogP) is -0.640. The van der Waals surface area contributed by atoms with Gasteiger partial charge in [0.25, 0.3) is 0 Å². The highest BCUT2D eigenvalue weighted by Gasteiger charge is 2.25. The number of carbonyl (C=O) groups is 2. The summed E-state index contributed by atoms with van der Waals surface area (Å²) in [5, 5.41) is 26.3. The van der Waals surface area contributed by atoms with E-state index in [1.165, 1.54) is 0 Å². The third-order valence-corrected chi connectivity index (χ3v) is 3.18. The lowest BCUT2D eigenvalue weighted by molar-refractivity contribution is -0.140. The number of urea groups is 1. The molecule has 0 fully saturated rings. The zero-order chi connectivity index (χ0) is 16.7. The fourth-order valence-corrected chi connectivity index (χ4v) is 1.60. The highest BCUT2D eigenvalue weighted by molar-refractivity contribution is 5.82. The number of hydrogen-bond acceptors (Lipinski definition) is 7. The smallest absolute Gasteiger partial charge is 0.326 e. The molecule has 1 heterocycles. The average molecular weight is 315 g/mol. The van der Waals surface area contributed by atoms with Crippen molar-refractivity contribution >= 4 is 12.0 Å². The Balaban J connectivity index is 2.51. The fourth-order valence-electron chi connectivity index (χ4n) is 1.60. The molecule has 0 saturated heterocycles. The molecule has 3 unspecified atom stereocenters. The van der Waals surface area contributed by atoms with Crippen molar-refractivity contribution in [2.45, 2.75) is 38.9 Å². The second-order valence-electron chi connectivity index (χ2n) is 4.86. The van der Waals surface area contributed by atoms with Crippen molar-refractivity contribution < 1.29 is 24.3 Å². The van der Waals surface area contributed by atoms with Crippen molar-refractivity contribution in [3.05, 3.63) is 11.7 Å². The van der Waals surface area contributed by atoms with Crippen LogP contribution in [-0.4, -0.2) is 45.0 Å². The number of aliphatic hydroxyl groups is 1. The lowest BCUT2D eigenvalue weighted by Crippen LogP contribution is -2.48. The highest BCUT2D eigenvalue weighted by Crippen LogP contribution is 2.08. The number of hydrogen-bond donors (Lipinski definition) is 5. The lowest BCUT2D eigenvalue weighted by atomic mass is 9.99. The first-order valence-electron chi connectivity index (χ1n) is 6.85. The van der Waals surface area contributed by atoms with E-state index in [4.69, 9.17) is 20.5 Å². The van der Waals surface area contributed by atoms with Crippen LogP contribution in [-0.2, 0) is 11.3 Å². The van der Waals surface area contributed by atoms with Crippen molar-refractivity contribution in [2.24, 2.45) is 11.7 Å². The first-order chi connectivity index (χ1) is 10.4. The second kappa shape index (κ2) is 8.29. The molecule has 0 radical (unpaired) electrons. The standard InChI is InChI=1S/C12H21N5O5/c1-3-6(2)9(11(19)20)16-12(21)14-4-8-15-10(17-22-8)7(13)5-18/h6-7,9,18H,3-5,13H2,1-2H3,(H,19,20)(H2,14,16,21). The van der Waals surface area contributed by atoms with Crippen LogP contribution in [0, 0.1) is 5.92 Å². The van der Waals surface area contributed by atoms with Gasteiger partial charge in [-0.1, -0.05) is 25.4 Å². The molecule has 0 aliphatic heterocycles. The molecule has 10 nitrogen and oxygen atoms in total. The molecule has 0 aliphatic carbocycles. The van der Waals surface area contributed by atoms with E-state index in [-0.39, 0.29) is 30.8 Å². The molecule has 0 bridgehead atoms. The SMILES string of the molecule is CCC(C)C(NC(=O)NCc1nc(C(N)CO)no1)C(=O)O. The van der Waals surface area contributed by atoms with Gasteiger partial charge in [0, 0.05) is 0 Å². The number of aliphatic hydroxyl groups excluding tert-OH is 1. The van der Waals surface area contributed by atoms with Crippen LogP contribution >= 0.6 is 0 Å². The van der Waals surface area contributed by atoms with Gasteiger partial charge >= 0.3 is 12.0 Å². The largest absolute Gasteiger partial charge is 0.480 e. The van der Waals surface area contributed by atoms with Gasteiger partial charge < -0.3 is 31.1 Å². The molecule has 0 spiro atoms. The molecule has 124 valence electrons. The maximum Gasteiger partial charge on any atom is 0.326 e. The van der Waals surface area contributed by atoms with E-state index in [9.17, 15) is 9.59 Å². The van der Waals surface area contributed by atoms with Gasteiger partial charge in [-0.2, -0.15) is 4.98 Å². The molecule has 1 aromatic rings. The molecule has 0 aromatic carbocycles. The van der Waals surface area contributed by atoms with Crippen molar-refractivity contribution in [2.75, 3.05) is 6.61 Å². The summed E-state index contributed by atoms with van der Waals surface area (Å²) in [4.78, 5) is 26.7. The minimum atomic E-state index is -1.10. The minimum Gasteiger partial charge on any atom is -0.480 e. The van der Waals surface area contributed by atoms with Crippen LogP contribution in [0.15, 0.2) is 4.52 Å². The van der Waals surface area contributed by atoms with E-state index in [0.29, 0.717) is 6.42 Å². The number of carbonyl (C=O) groups excluding carboxylic acids is 1. The van der Waals surface area contributed by atoms with E-state index in [1.807, 2.05) is 6.92 Å². The van der Waals surface area contributed by atoms with Gasteiger partial charge in [0.15, 0.2) is 5.82 Å². The van der Waals surface area contributed by atoms with Crippen LogP contribution in [0.4, 0.5) is 4.79 Å². The highest BCUT2D eigenvalue weighted by atomic mass is 16.5. The number of amides is 2. The quantitative estimate of drug-likeness (QED) is 0.423. The van der Waals surface area contributed by atoms with Gasteiger partial charge in [-0.15, -0.1) is 0 Å².